The highest BCUT2D eigenvalue weighted by Crippen LogP contribution is 2.20. The normalized spacial score (nSPS) is 14.8. The molecule has 2 heterocycles. The molecule has 3 rings (SSSR count). The molecule has 1 aliphatic heterocycles. The predicted molar refractivity (Wildman–Crippen MR) is 74.1 cm³/mol. The standard InChI is InChI=1S/C13H14N4.ClH/c1-3-13(17-10-9-15-16-17)4-2-11(1)12-5-7-14-8-6-12;/h1-5,9-10,14H,6-8H2;1H. The second-order valence-corrected chi connectivity index (χ2v) is 4.08. The molecule has 0 unspecified atom stereocenters. The average Bonchev–Trinajstić information content (AvgIpc) is 2.94. The molecular weight excluding hydrogens is 248 g/mol. The van der Waals surface area contributed by atoms with Crippen LogP contribution in [0.4, 0.5) is 0 Å². The molecule has 1 aromatic heterocycles. The van der Waals surface area contributed by atoms with Crippen LogP contribution in [0.5, 0.6) is 0 Å². The lowest BCUT2D eigenvalue weighted by atomic mass is 10.0. The fourth-order valence-electron chi connectivity index (χ4n) is 2.06. The maximum absolute atomic E-state index is 3.97. The minimum atomic E-state index is 0. The third-order valence-corrected chi connectivity index (χ3v) is 2.99. The van der Waals surface area contributed by atoms with Gasteiger partial charge >= 0.3 is 0 Å². The Morgan fingerprint density at radius 1 is 1.17 bits per heavy atom. The predicted octanol–water partition coefficient (Wildman–Crippen LogP) is 2.07. The average molecular weight is 263 g/mol. The summed E-state index contributed by atoms with van der Waals surface area (Å²) in [7, 11) is 0. The Kier molecular flexibility index (Phi) is 4.12. The number of nitrogens with zero attached hydrogens (tertiary/aromatic N) is 3. The van der Waals surface area contributed by atoms with E-state index in [-0.39, 0.29) is 12.4 Å². The van der Waals surface area contributed by atoms with E-state index >= 15 is 0 Å². The van der Waals surface area contributed by atoms with E-state index in [0.29, 0.717) is 0 Å². The van der Waals surface area contributed by atoms with Crippen molar-refractivity contribution in [1.82, 2.24) is 20.3 Å². The molecule has 0 atom stereocenters. The van der Waals surface area contributed by atoms with Crippen LogP contribution in [0.2, 0.25) is 0 Å². The van der Waals surface area contributed by atoms with Crippen molar-refractivity contribution in [3.63, 3.8) is 0 Å². The first-order chi connectivity index (χ1) is 8.43. The lowest BCUT2D eigenvalue weighted by Crippen LogP contribution is -2.19. The molecule has 0 bridgehead atoms. The fourth-order valence-corrected chi connectivity index (χ4v) is 2.06. The van der Waals surface area contributed by atoms with Crippen LogP contribution < -0.4 is 5.32 Å². The van der Waals surface area contributed by atoms with E-state index < -0.39 is 0 Å². The maximum atomic E-state index is 3.97. The molecule has 0 fully saturated rings. The largest absolute Gasteiger partial charge is 0.313 e. The molecule has 1 N–H and O–H groups in total. The van der Waals surface area contributed by atoms with Crippen LogP contribution in [-0.2, 0) is 0 Å². The molecule has 94 valence electrons. The van der Waals surface area contributed by atoms with Crippen molar-refractivity contribution in [2.24, 2.45) is 0 Å². The highest BCUT2D eigenvalue weighted by Gasteiger charge is 2.05. The van der Waals surface area contributed by atoms with Gasteiger partial charge in [-0.15, -0.1) is 17.5 Å². The first-order valence-corrected chi connectivity index (χ1v) is 5.80. The number of hydrogen-bond donors (Lipinski definition) is 1. The molecule has 5 heteroatoms. The van der Waals surface area contributed by atoms with Crippen molar-refractivity contribution in [1.29, 1.82) is 0 Å². The molecule has 1 aliphatic rings. The zero-order valence-corrected chi connectivity index (χ0v) is 10.7. The summed E-state index contributed by atoms with van der Waals surface area (Å²) in [5, 5.41) is 11.1. The number of nitrogens with one attached hydrogen (secondary N) is 1. The summed E-state index contributed by atoms with van der Waals surface area (Å²) in [6.07, 6.45) is 6.89. The molecule has 18 heavy (non-hydrogen) atoms. The molecule has 0 radical (unpaired) electrons. The molecule has 0 saturated carbocycles. The Balaban J connectivity index is 0.00000120. The summed E-state index contributed by atoms with van der Waals surface area (Å²) in [4.78, 5) is 0. The second kappa shape index (κ2) is 5.80. The SMILES string of the molecule is C1=C(c2ccc(-n3ccnn3)cc2)CCNC1.Cl. The Hall–Kier alpha value is -1.65. The number of aromatic nitrogens is 3. The van der Waals surface area contributed by atoms with Gasteiger partial charge in [0.25, 0.3) is 0 Å². The van der Waals surface area contributed by atoms with Gasteiger partial charge in [0.1, 0.15) is 0 Å². The van der Waals surface area contributed by atoms with Crippen LogP contribution in [0.25, 0.3) is 11.3 Å². The molecule has 2 aromatic rings. The van der Waals surface area contributed by atoms with Crippen LogP contribution in [0.15, 0.2) is 42.7 Å². The van der Waals surface area contributed by atoms with E-state index in [0.717, 1.165) is 25.2 Å². The Morgan fingerprint density at radius 2 is 2.00 bits per heavy atom. The van der Waals surface area contributed by atoms with Gasteiger partial charge in [0.15, 0.2) is 0 Å². The molecule has 0 spiro atoms. The Labute approximate surface area is 112 Å². The minimum absolute atomic E-state index is 0. The van der Waals surface area contributed by atoms with Gasteiger partial charge in [0.05, 0.1) is 18.1 Å². The fraction of sp³-hybridized carbons (Fsp3) is 0.231. The smallest absolute Gasteiger partial charge is 0.0697 e. The van der Waals surface area contributed by atoms with Crippen LogP contribution in [0.1, 0.15) is 12.0 Å². The van der Waals surface area contributed by atoms with Gasteiger partial charge in [0, 0.05) is 6.54 Å². The molecule has 1 aromatic carbocycles. The van der Waals surface area contributed by atoms with Crippen molar-refractivity contribution in [3.8, 4) is 5.69 Å². The number of rotatable bonds is 2. The van der Waals surface area contributed by atoms with Crippen LogP contribution in [-0.4, -0.2) is 28.1 Å². The van der Waals surface area contributed by atoms with E-state index in [4.69, 9.17) is 0 Å². The maximum Gasteiger partial charge on any atom is 0.0697 e. The van der Waals surface area contributed by atoms with E-state index in [2.05, 4.69) is 46.0 Å². The number of hydrogen-bond acceptors (Lipinski definition) is 3. The highest BCUT2D eigenvalue weighted by molar-refractivity contribution is 5.85. The minimum Gasteiger partial charge on any atom is -0.313 e. The van der Waals surface area contributed by atoms with E-state index in [1.54, 1.807) is 10.9 Å². The summed E-state index contributed by atoms with van der Waals surface area (Å²) in [5.41, 5.74) is 3.77. The third kappa shape index (κ3) is 2.60. The van der Waals surface area contributed by atoms with E-state index in [1.807, 2.05) is 6.20 Å². The number of benzene rings is 1. The second-order valence-electron chi connectivity index (χ2n) is 4.08. The van der Waals surface area contributed by atoms with Gasteiger partial charge in [-0.05, 0) is 36.2 Å². The zero-order chi connectivity index (χ0) is 11.5. The third-order valence-electron chi connectivity index (χ3n) is 2.99. The lowest BCUT2D eigenvalue weighted by molar-refractivity contribution is 0.738. The molecule has 0 saturated heterocycles. The molecular formula is C13H15ClN4. The van der Waals surface area contributed by atoms with E-state index in [9.17, 15) is 0 Å². The Morgan fingerprint density at radius 3 is 2.61 bits per heavy atom. The quantitative estimate of drug-likeness (QED) is 0.901. The summed E-state index contributed by atoms with van der Waals surface area (Å²) in [6.45, 7) is 2.04. The monoisotopic (exact) mass is 262 g/mol. The summed E-state index contributed by atoms with van der Waals surface area (Å²) >= 11 is 0. The van der Waals surface area contributed by atoms with Crippen molar-refractivity contribution in [3.05, 3.63) is 48.3 Å². The zero-order valence-electron chi connectivity index (χ0n) is 9.91. The molecule has 4 nitrogen and oxygen atoms in total. The number of halogens is 1. The van der Waals surface area contributed by atoms with Crippen molar-refractivity contribution in [2.45, 2.75) is 6.42 Å². The Bertz CT molecular complexity index is 516. The van der Waals surface area contributed by atoms with E-state index in [1.165, 1.54) is 11.1 Å². The van der Waals surface area contributed by atoms with Gasteiger partial charge in [-0.25, -0.2) is 4.68 Å². The van der Waals surface area contributed by atoms with Gasteiger partial charge < -0.3 is 5.32 Å². The van der Waals surface area contributed by atoms with Crippen molar-refractivity contribution >= 4 is 18.0 Å². The molecule has 0 amide bonds. The first-order valence-electron chi connectivity index (χ1n) is 5.80. The summed E-state index contributed by atoms with van der Waals surface area (Å²) < 4.78 is 1.76. The van der Waals surface area contributed by atoms with Crippen molar-refractivity contribution < 1.29 is 0 Å². The van der Waals surface area contributed by atoms with Crippen molar-refractivity contribution in [2.75, 3.05) is 13.1 Å². The van der Waals surface area contributed by atoms with Gasteiger partial charge in [-0.1, -0.05) is 23.4 Å². The van der Waals surface area contributed by atoms with Gasteiger partial charge in [0.2, 0.25) is 0 Å². The van der Waals surface area contributed by atoms with Crippen LogP contribution in [0, 0.1) is 0 Å². The summed E-state index contributed by atoms with van der Waals surface area (Å²) in [5.74, 6) is 0. The topological polar surface area (TPSA) is 42.7 Å². The van der Waals surface area contributed by atoms with Gasteiger partial charge in [-0.3, -0.25) is 0 Å². The lowest BCUT2D eigenvalue weighted by Gasteiger charge is -2.14. The summed E-state index contributed by atoms with van der Waals surface area (Å²) in [6, 6.07) is 8.45. The van der Waals surface area contributed by atoms with Gasteiger partial charge in [-0.2, -0.15) is 0 Å². The highest BCUT2D eigenvalue weighted by atomic mass is 35.5. The van der Waals surface area contributed by atoms with Crippen LogP contribution in [0.3, 0.4) is 0 Å². The van der Waals surface area contributed by atoms with Crippen LogP contribution >= 0.6 is 12.4 Å². The first kappa shape index (κ1) is 12.8. The molecule has 0 aliphatic carbocycles.